The van der Waals surface area contributed by atoms with E-state index in [9.17, 15) is 0 Å². The molecule has 0 saturated heterocycles. The van der Waals surface area contributed by atoms with Crippen LogP contribution in [0.2, 0.25) is 0 Å². The molecule has 0 amide bonds. The Labute approximate surface area is 92.4 Å². The van der Waals surface area contributed by atoms with E-state index >= 15 is 0 Å². The van der Waals surface area contributed by atoms with Crippen LogP contribution in [-0.4, -0.2) is 18.2 Å². The molecule has 0 fully saturated rings. The topological polar surface area (TPSA) is 31.4 Å². The normalized spacial score (nSPS) is 12.3. The van der Waals surface area contributed by atoms with Gasteiger partial charge in [0.15, 0.2) is 5.75 Å². The van der Waals surface area contributed by atoms with Crippen molar-refractivity contribution < 1.29 is 9.47 Å². The highest BCUT2D eigenvalue weighted by Crippen LogP contribution is 2.25. The van der Waals surface area contributed by atoms with Crippen LogP contribution in [0.25, 0.3) is 0 Å². The molecule has 1 aromatic heterocycles. The largest absolute Gasteiger partial charge is 0.488 e. The van der Waals surface area contributed by atoms with Gasteiger partial charge in [0.1, 0.15) is 0 Å². The average molecular weight is 211 g/mol. The van der Waals surface area contributed by atoms with Gasteiger partial charge in [0.25, 0.3) is 5.88 Å². The van der Waals surface area contributed by atoms with E-state index in [1.807, 2.05) is 39.8 Å². The van der Waals surface area contributed by atoms with Crippen molar-refractivity contribution in [3.63, 3.8) is 0 Å². The Kier molecular flexibility index (Phi) is 8.53. The molecular formula is C12H21NO2. The highest BCUT2D eigenvalue weighted by molar-refractivity contribution is 5.32. The second-order valence-electron chi connectivity index (χ2n) is 2.36. The molecule has 1 aromatic rings. The third kappa shape index (κ3) is 4.68. The number of rotatable bonds is 0. The van der Waals surface area contributed by atoms with Crippen LogP contribution in [0, 0.1) is 0 Å². The summed E-state index contributed by atoms with van der Waals surface area (Å²) in [4.78, 5) is 4.03. The average Bonchev–Trinajstić information content (AvgIpc) is 2.59. The first-order valence-electron chi connectivity index (χ1n) is 5.67. The molecular weight excluding hydrogens is 190 g/mol. The lowest BCUT2D eigenvalue weighted by atomic mass is 10.4. The third-order valence-electron chi connectivity index (χ3n) is 1.52. The van der Waals surface area contributed by atoms with Crippen LogP contribution in [0.1, 0.15) is 34.1 Å². The highest BCUT2D eigenvalue weighted by atomic mass is 16.5. The zero-order valence-electron chi connectivity index (χ0n) is 10.1. The minimum absolute atomic E-state index is 0.616. The number of pyridine rings is 1. The lowest BCUT2D eigenvalue weighted by Gasteiger charge is -2.02. The van der Waals surface area contributed by atoms with Crippen LogP contribution in [0.4, 0.5) is 0 Å². The third-order valence-corrected chi connectivity index (χ3v) is 1.52. The predicted octanol–water partition coefficient (Wildman–Crippen LogP) is 3.30. The predicted molar refractivity (Wildman–Crippen MR) is 62.5 cm³/mol. The van der Waals surface area contributed by atoms with E-state index in [1.54, 1.807) is 6.20 Å². The van der Waals surface area contributed by atoms with Crippen molar-refractivity contribution in [1.29, 1.82) is 0 Å². The molecule has 0 saturated carbocycles. The summed E-state index contributed by atoms with van der Waals surface area (Å²) in [5, 5.41) is 0. The monoisotopic (exact) mass is 211 g/mol. The van der Waals surface area contributed by atoms with Gasteiger partial charge in [-0.15, -0.1) is 0 Å². The van der Waals surface area contributed by atoms with E-state index in [0.717, 1.165) is 18.8 Å². The fourth-order valence-corrected chi connectivity index (χ4v) is 1.00. The van der Waals surface area contributed by atoms with E-state index in [2.05, 4.69) is 4.98 Å². The van der Waals surface area contributed by atoms with Gasteiger partial charge >= 0.3 is 0 Å². The first-order valence-corrected chi connectivity index (χ1v) is 5.67. The Hall–Kier alpha value is -1.25. The van der Waals surface area contributed by atoms with Gasteiger partial charge in [0.05, 0.1) is 13.2 Å². The van der Waals surface area contributed by atoms with Crippen molar-refractivity contribution in [3.8, 4) is 11.6 Å². The number of hydrogen-bond acceptors (Lipinski definition) is 3. The van der Waals surface area contributed by atoms with Gasteiger partial charge in [0.2, 0.25) is 0 Å². The Morgan fingerprint density at radius 1 is 1.07 bits per heavy atom. The molecule has 0 aliphatic carbocycles. The Bertz CT molecular complexity index is 226. The van der Waals surface area contributed by atoms with E-state index in [-0.39, 0.29) is 0 Å². The summed E-state index contributed by atoms with van der Waals surface area (Å²) in [5.41, 5.74) is 0. The van der Waals surface area contributed by atoms with Crippen LogP contribution in [0.15, 0.2) is 18.3 Å². The molecule has 0 bridgehead atoms. The standard InChI is InChI=1S/C8H9NO2.2C2H6/c1-3-7-8(9-4-1)11-6-2-5-10-7;2*1-2/h1,3-4H,2,5-6H2;2*1-2H3. The Balaban J connectivity index is 0.000000442. The first kappa shape index (κ1) is 13.8. The zero-order valence-corrected chi connectivity index (χ0v) is 10.1. The molecule has 86 valence electrons. The highest BCUT2D eigenvalue weighted by Gasteiger charge is 2.08. The second-order valence-corrected chi connectivity index (χ2v) is 2.36. The summed E-state index contributed by atoms with van der Waals surface area (Å²) < 4.78 is 10.7. The molecule has 0 N–H and O–H groups in total. The zero-order chi connectivity index (χ0) is 11.5. The molecule has 0 atom stereocenters. The van der Waals surface area contributed by atoms with Crippen molar-refractivity contribution in [2.24, 2.45) is 0 Å². The number of nitrogens with zero attached hydrogens (tertiary/aromatic N) is 1. The maximum absolute atomic E-state index is 5.36. The Morgan fingerprint density at radius 3 is 2.47 bits per heavy atom. The van der Waals surface area contributed by atoms with Crippen LogP contribution in [-0.2, 0) is 0 Å². The van der Waals surface area contributed by atoms with Gasteiger partial charge in [-0.25, -0.2) is 4.98 Å². The van der Waals surface area contributed by atoms with Gasteiger partial charge in [-0.2, -0.15) is 0 Å². The smallest absolute Gasteiger partial charge is 0.256 e. The number of hydrogen-bond donors (Lipinski definition) is 0. The summed E-state index contributed by atoms with van der Waals surface area (Å²) >= 11 is 0. The van der Waals surface area contributed by atoms with Gasteiger partial charge in [0, 0.05) is 12.6 Å². The summed E-state index contributed by atoms with van der Waals surface area (Å²) in [6.07, 6.45) is 2.63. The Morgan fingerprint density at radius 2 is 1.73 bits per heavy atom. The molecule has 2 heterocycles. The molecule has 1 aliphatic heterocycles. The summed E-state index contributed by atoms with van der Waals surface area (Å²) in [7, 11) is 0. The summed E-state index contributed by atoms with van der Waals surface area (Å²) in [5.74, 6) is 1.37. The van der Waals surface area contributed by atoms with Crippen molar-refractivity contribution in [3.05, 3.63) is 18.3 Å². The van der Waals surface area contributed by atoms with Crippen molar-refractivity contribution >= 4 is 0 Å². The second kappa shape index (κ2) is 9.31. The number of aromatic nitrogens is 1. The van der Waals surface area contributed by atoms with E-state index in [4.69, 9.17) is 9.47 Å². The fourth-order valence-electron chi connectivity index (χ4n) is 1.00. The van der Waals surface area contributed by atoms with Crippen molar-refractivity contribution in [2.75, 3.05) is 13.2 Å². The molecule has 1 aliphatic rings. The summed E-state index contributed by atoms with van der Waals surface area (Å²) in [6.45, 7) is 9.42. The molecule has 0 unspecified atom stereocenters. The van der Waals surface area contributed by atoms with Crippen LogP contribution >= 0.6 is 0 Å². The minimum atomic E-state index is 0.616. The molecule has 0 aromatic carbocycles. The number of fused-ring (bicyclic) bond motifs is 1. The maximum atomic E-state index is 5.36. The fraction of sp³-hybridized carbons (Fsp3) is 0.583. The first-order chi connectivity index (χ1) is 7.47. The lowest BCUT2D eigenvalue weighted by Crippen LogP contribution is -1.97. The van der Waals surface area contributed by atoms with Crippen LogP contribution in [0.3, 0.4) is 0 Å². The van der Waals surface area contributed by atoms with Gasteiger partial charge in [-0.3, -0.25) is 0 Å². The van der Waals surface area contributed by atoms with E-state index < -0.39 is 0 Å². The molecule has 15 heavy (non-hydrogen) atoms. The van der Waals surface area contributed by atoms with E-state index in [1.165, 1.54) is 0 Å². The molecule has 3 heteroatoms. The SMILES string of the molecule is CC.CC.c1cnc2c(c1)OCCCO2. The van der Waals surface area contributed by atoms with Gasteiger partial charge < -0.3 is 9.47 Å². The molecule has 0 radical (unpaired) electrons. The molecule has 2 rings (SSSR count). The van der Waals surface area contributed by atoms with Crippen LogP contribution < -0.4 is 9.47 Å². The quantitative estimate of drug-likeness (QED) is 0.660. The lowest BCUT2D eigenvalue weighted by molar-refractivity contribution is 0.293. The minimum Gasteiger partial charge on any atom is -0.488 e. The number of ether oxygens (including phenoxy) is 2. The maximum Gasteiger partial charge on any atom is 0.256 e. The van der Waals surface area contributed by atoms with Crippen molar-refractivity contribution in [1.82, 2.24) is 4.98 Å². The van der Waals surface area contributed by atoms with Gasteiger partial charge in [-0.05, 0) is 12.1 Å². The van der Waals surface area contributed by atoms with E-state index in [0.29, 0.717) is 12.5 Å². The molecule has 0 spiro atoms. The molecule has 3 nitrogen and oxygen atoms in total. The van der Waals surface area contributed by atoms with Crippen LogP contribution in [0.5, 0.6) is 11.6 Å². The van der Waals surface area contributed by atoms with Crippen molar-refractivity contribution in [2.45, 2.75) is 34.1 Å². The summed E-state index contributed by atoms with van der Waals surface area (Å²) in [6, 6.07) is 3.71. The van der Waals surface area contributed by atoms with Gasteiger partial charge in [-0.1, -0.05) is 27.7 Å².